The normalized spacial score (nSPS) is 27.9. The lowest BCUT2D eigenvalue weighted by Crippen LogP contribution is -2.44. The summed E-state index contributed by atoms with van der Waals surface area (Å²) < 4.78 is 5.83. The number of likely N-dealkylation sites (tertiary alicyclic amines) is 2. The van der Waals surface area contributed by atoms with Crippen LogP contribution in [-0.2, 0) is 0 Å². The van der Waals surface area contributed by atoms with Crippen LogP contribution in [0.5, 0.6) is 5.75 Å². The van der Waals surface area contributed by atoms with Gasteiger partial charge in [0.15, 0.2) is 0 Å². The molecule has 7 rings (SSSR count). The summed E-state index contributed by atoms with van der Waals surface area (Å²) in [7, 11) is 0. The number of amides is 2. The molecule has 2 amide bonds. The van der Waals surface area contributed by atoms with Gasteiger partial charge >= 0.3 is 0 Å². The van der Waals surface area contributed by atoms with Crippen molar-refractivity contribution in [3.8, 4) is 5.75 Å². The van der Waals surface area contributed by atoms with Gasteiger partial charge in [-0.25, -0.2) is 4.98 Å². The number of benzene rings is 1. The van der Waals surface area contributed by atoms with E-state index in [1.165, 1.54) is 19.0 Å². The third-order valence-electron chi connectivity index (χ3n) is 8.37. The van der Waals surface area contributed by atoms with E-state index in [0.29, 0.717) is 58.2 Å². The number of nitrogens with zero attached hydrogens (tertiary/aromatic N) is 3. The van der Waals surface area contributed by atoms with Crippen LogP contribution in [0.15, 0.2) is 30.5 Å². The fraction of sp³-hybridized carbons (Fsp3) is 0.480. The summed E-state index contributed by atoms with van der Waals surface area (Å²) in [5.41, 5.74) is 11.7. The van der Waals surface area contributed by atoms with Crippen LogP contribution in [0, 0.1) is 29.6 Å². The van der Waals surface area contributed by atoms with Crippen molar-refractivity contribution < 1.29 is 14.3 Å². The molecular formula is C25H27ClN6O3. The van der Waals surface area contributed by atoms with Gasteiger partial charge in [0.1, 0.15) is 16.5 Å². The highest BCUT2D eigenvalue weighted by atomic mass is 35.5. The van der Waals surface area contributed by atoms with Crippen LogP contribution < -0.4 is 21.1 Å². The zero-order valence-electron chi connectivity index (χ0n) is 19.2. The van der Waals surface area contributed by atoms with E-state index in [9.17, 15) is 9.59 Å². The molecule has 2 unspecified atom stereocenters. The number of hydrogen-bond acceptors (Lipinski definition) is 7. The molecule has 1 aromatic heterocycles. The number of halogens is 1. The number of anilines is 2. The second kappa shape index (κ2) is 7.99. The van der Waals surface area contributed by atoms with E-state index >= 15 is 0 Å². The van der Waals surface area contributed by atoms with Gasteiger partial charge in [-0.15, -0.1) is 5.53 Å². The fourth-order valence-corrected chi connectivity index (χ4v) is 6.40. The van der Waals surface area contributed by atoms with Crippen molar-refractivity contribution in [3.05, 3.63) is 46.7 Å². The van der Waals surface area contributed by atoms with Crippen molar-refractivity contribution in [1.82, 2.24) is 20.3 Å². The molecule has 4 atom stereocenters. The SMILES string of the molecule is O=C(c1ccc2c(c1)NNN2)N1C[C@@H]2C3CN(C(=O)c4cc(OCC5CC5)c(Cl)cn4)CC3[C@@H]2C1. The number of nitrogens with one attached hydrogen (secondary N) is 3. The van der Waals surface area contributed by atoms with Crippen LogP contribution in [0.1, 0.15) is 33.7 Å². The van der Waals surface area contributed by atoms with Gasteiger partial charge in [-0.3, -0.25) is 9.59 Å². The van der Waals surface area contributed by atoms with Crippen molar-refractivity contribution in [2.24, 2.45) is 29.6 Å². The number of pyridine rings is 1. The zero-order valence-corrected chi connectivity index (χ0v) is 19.9. The lowest BCUT2D eigenvalue weighted by molar-refractivity contribution is 0.0629. The summed E-state index contributed by atoms with van der Waals surface area (Å²) in [5.74, 6) is 2.94. The Balaban J connectivity index is 0.994. The van der Waals surface area contributed by atoms with E-state index in [0.717, 1.165) is 37.6 Å². The third kappa shape index (κ3) is 3.60. The van der Waals surface area contributed by atoms with Gasteiger partial charge in [0, 0.05) is 37.8 Å². The lowest BCUT2D eigenvalue weighted by Gasteiger charge is -2.42. The predicted octanol–water partition coefficient (Wildman–Crippen LogP) is 2.87. The highest BCUT2D eigenvalue weighted by Gasteiger charge is 2.59. The van der Waals surface area contributed by atoms with Crippen LogP contribution in [0.25, 0.3) is 0 Å². The highest BCUT2D eigenvalue weighted by molar-refractivity contribution is 6.32. The minimum atomic E-state index is -0.0637. The standard InChI is InChI=1S/C25H27ClN6O3/c26-19-7-27-22(6-23(19)35-12-13-1-2-13)25(34)32-10-17-15-8-31(9-16(15)18(17)11-32)24(33)14-3-4-20-21(5-14)29-30-28-20/h3-7,13,15-18,28-30H,1-2,8-12H2/t15-,16+,17?,18?. The smallest absolute Gasteiger partial charge is 0.272 e. The Morgan fingerprint density at radius 3 is 2.29 bits per heavy atom. The molecule has 2 saturated carbocycles. The Morgan fingerprint density at radius 1 is 0.943 bits per heavy atom. The highest BCUT2D eigenvalue weighted by Crippen LogP contribution is 2.54. The maximum Gasteiger partial charge on any atom is 0.272 e. The maximum atomic E-state index is 13.2. The van der Waals surface area contributed by atoms with Crippen LogP contribution in [-0.4, -0.2) is 59.4 Å². The first kappa shape index (κ1) is 21.3. The number of ether oxygens (including phenoxy) is 1. The molecular weight excluding hydrogens is 468 g/mol. The number of aromatic nitrogens is 1. The van der Waals surface area contributed by atoms with E-state index in [2.05, 4.69) is 21.4 Å². The van der Waals surface area contributed by atoms with Gasteiger partial charge in [0.05, 0.1) is 24.2 Å². The molecule has 2 aromatic rings. The van der Waals surface area contributed by atoms with Gasteiger partial charge in [-0.2, -0.15) is 0 Å². The Kier molecular flexibility index (Phi) is 4.86. The largest absolute Gasteiger partial charge is 0.492 e. The van der Waals surface area contributed by atoms with Gasteiger partial charge in [0.2, 0.25) is 0 Å². The average molecular weight is 495 g/mol. The monoisotopic (exact) mass is 494 g/mol. The van der Waals surface area contributed by atoms with E-state index < -0.39 is 0 Å². The first-order valence-corrected chi connectivity index (χ1v) is 12.7. The Morgan fingerprint density at radius 2 is 1.60 bits per heavy atom. The average Bonchev–Trinajstić information content (AvgIpc) is 3.27. The molecule has 1 aromatic carbocycles. The molecule has 3 N–H and O–H groups in total. The molecule has 9 nitrogen and oxygen atoms in total. The van der Waals surface area contributed by atoms with Crippen LogP contribution >= 0.6 is 11.6 Å². The van der Waals surface area contributed by atoms with Gasteiger partial charge in [-0.1, -0.05) is 11.6 Å². The Bertz CT molecular complexity index is 1200. The molecule has 10 heteroatoms. The van der Waals surface area contributed by atoms with Crippen molar-refractivity contribution in [3.63, 3.8) is 0 Å². The minimum Gasteiger partial charge on any atom is -0.492 e. The van der Waals surface area contributed by atoms with Crippen molar-refractivity contribution >= 4 is 34.8 Å². The summed E-state index contributed by atoms with van der Waals surface area (Å²) in [4.78, 5) is 34.6. The first-order valence-electron chi connectivity index (χ1n) is 12.3. The molecule has 4 fully saturated rings. The molecule has 0 spiro atoms. The fourth-order valence-electron chi connectivity index (χ4n) is 6.25. The van der Waals surface area contributed by atoms with Gasteiger partial charge in [0.25, 0.3) is 11.8 Å². The maximum absolute atomic E-state index is 13.2. The van der Waals surface area contributed by atoms with E-state index in [1.807, 2.05) is 28.0 Å². The van der Waals surface area contributed by atoms with Crippen molar-refractivity contribution in [2.45, 2.75) is 12.8 Å². The molecule has 2 aliphatic carbocycles. The minimum absolute atomic E-state index is 0.0637. The third-order valence-corrected chi connectivity index (χ3v) is 8.65. The Hall–Kier alpha value is -3.04. The quantitative estimate of drug-likeness (QED) is 0.588. The van der Waals surface area contributed by atoms with E-state index in [-0.39, 0.29) is 11.8 Å². The number of hydrogen-bond donors (Lipinski definition) is 3. The number of hydrazine groups is 2. The molecule has 3 aliphatic heterocycles. The second-order valence-electron chi connectivity index (χ2n) is 10.5. The summed E-state index contributed by atoms with van der Waals surface area (Å²) in [6.07, 6.45) is 3.90. The summed E-state index contributed by atoms with van der Waals surface area (Å²) in [5, 5.41) is 0.440. The predicted molar refractivity (Wildman–Crippen MR) is 130 cm³/mol. The number of fused-ring (bicyclic) bond motifs is 5. The van der Waals surface area contributed by atoms with Crippen LogP contribution in [0.3, 0.4) is 0 Å². The molecule has 0 bridgehead atoms. The van der Waals surface area contributed by atoms with E-state index in [1.54, 1.807) is 6.07 Å². The second-order valence-corrected chi connectivity index (χ2v) is 10.9. The number of carbonyl (C=O) groups excluding carboxylic acids is 2. The Labute approximate surface area is 208 Å². The molecule has 0 radical (unpaired) electrons. The molecule has 35 heavy (non-hydrogen) atoms. The van der Waals surface area contributed by atoms with Crippen molar-refractivity contribution in [1.29, 1.82) is 0 Å². The first-order chi connectivity index (χ1) is 17.0. The van der Waals surface area contributed by atoms with E-state index in [4.69, 9.17) is 16.3 Å². The summed E-state index contributed by atoms with van der Waals surface area (Å²) >= 11 is 6.24. The van der Waals surface area contributed by atoms with Crippen LogP contribution in [0.4, 0.5) is 11.4 Å². The summed E-state index contributed by atoms with van der Waals surface area (Å²) in [6, 6.07) is 7.34. The molecule has 2 saturated heterocycles. The van der Waals surface area contributed by atoms with Crippen LogP contribution in [0.2, 0.25) is 5.02 Å². The number of rotatable bonds is 5. The molecule has 5 aliphatic rings. The lowest BCUT2D eigenvalue weighted by atomic mass is 9.60. The molecule has 4 heterocycles. The van der Waals surface area contributed by atoms with Gasteiger partial charge < -0.3 is 25.4 Å². The molecule has 182 valence electrons. The number of carbonyl (C=O) groups is 2. The van der Waals surface area contributed by atoms with Crippen molar-refractivity contribution in [2.75, 3.05) is 43.6 Å². The van der Waals surface area contributed by atoms with Gasteiger partial charge in [-0.05, 0) is 60.6 Å². The topological polar surface area (TPSA) is 98.8 Å². The summed E-state index contributed by atoms with van der Waals surface area (Å²) in [6.45, 7) is 3.59. The zero-order chi connectivity index (χ0) is 23.7.